The Morgan fingerprint density at radius 1 is 1.25 bits per heavy atom. The van der Waals surface area contributed by atoms with Gasteiger partial charge in [-0.15, -0.1) is 22.7 Å². The van der Waals surface area contributed by atoms with Crippen LogP contribution in [-0.2, 0) is 9.59 Å². The molecule has 0 saturated carbocycles. The zero-order chi connectivity index (χ0) is 16.8. The average Bonchev–Trinajstić information content (AvgIpc) is 3.23. The first-order valence-corrected chi connectivity index (χ1v) is 8.72. The highest BCUT2D eigenvalue weighted by Crippen LogP contribution is 2.39. The van der Waals surface area contributed by atoms with E-state index >= 15 is 0 Å². The fourth-order valence-corrected chi connectivity index (χ4v) is 4.22. The summed E-state index contributed by atoms with van der Waals surface area (Å²) in [5.41, 5.74) is 9.89. The predicted octanol–water partition coefficient (Wildman–Crippen LogP) is 2.64. The van der Waals surface area contributed by atoms with E-state index in [1.807, 2.05) is 22.9 Å². The van der Waals surface area contributed by atoms with Gasteiger partial charge in [0.2, 0.25) is 5.95 Å². The van der Waals surface area contributed by atoms with Gasteiger partial charge in [-0.05, 0) is 18.4 Å². The number of nitrogens with two attached hydrogens (primary N) is 1. The molecule has 2 amide bonds. The number of amides is 2. The summed E-state index contributed by atoms with van der Waals surface area (Å²) in [7, 11) is 0. The molecular weight excluding hydrogens is 346 g/mol. The quantitative estimate of drug-likeness (QED) is 0.699. The third kappa shape index (κ3) is 2.25. The second kappa shape index (κ2) is 5.39. The van der Waals surface area contributed by atoms with Gasteiger partial charge in [0.05, 0.1) is 5.39 Å². The maximum Gasteiger partial charge on any atom is 0.275 e. The van der Waals surface area contributed by atoms with Gasteiger partial charge in [0.1, 0.15) is 4.83 Å². The van der Waals surface area contributed by atoms with E-state index in [1.165, 1.54) is 17.4 Å². The zero-order valence-electron chi connectivity index (χ0n) is 12.4. The second-order valence-electron chi connectivity index (χ2n) is 5.16. The minimum Gasteiger partial charge on any atom is -0.368 e. The van der Waals surface area contributed by atoms with E-state index in [1.54, 1.807) is 18.3 Å². The van der Waals surface area contributed by atoms with Crippen LogP contribution < -0.4 is 11.2 Å². The summed E-state index contributed by atoms with van der Waals surface area (Å²) in [6, 6.07) is 3.94. The minimum absolute atomic E-state index is 0.0772. The van der Waals surface area contributed by atoms with Crippen molar-refractivity contribution in [2.45, 2.75) is 6.92 Å². The molecule has 3 N–H and O–H groups in total. The summed E-state index contributed by atoms with van der Waals surface area (Å²) < 4.78 is 0. The van der Waals surface area contributed by atoms with E-state index in [-0.39, 0.29) is 5.95 Å². The zero-order valence-corrected chi connectivity index (χ0v) is 14.1. The van der Waals surface area contributed by atoms with Crippen LogP contribution in [0.1, 0.15) is 6.92 Å². The van der Waals surface area contributed by atoms with E-state index in [4.69, 9.17) is 5.73 Å². The maximum absolute atomic E-state index is 12.1. The molecule has 4 rings (SSSR count). The lowest BCUT2D eigenvalue weighted by Crippen LogP contribution is -2.36. The molecule has 9 heteroatoms. The third-order valence-corrected chi connectivity index (χ3v) is 5.33. The maximum atomic E-state index is 12.1. The molecule has 4 heterocycles. The van der Waals surface area contributed by atoms with Crippen LogP contribution in [-0.4, -0.2) is 26.8 Å². The number of hydrogen-bond acceptors (Lipinski definition) is 8. The Kier molecular flexibility index (Phi) is 3.32. The molecular formula is C15H11N5O2S2. The van der Waals surface area contributed by atoms with Crippen molar-refractivity contribution in [2.24, 2.45) is 0 Å². The Morgan fingerprint density at radius 2 is 2.08 bits per heavy atom. The fraction of sp³-hybridized carbons (Fsp3) is 0.0667. The van der Waals surface area contributed by atoms with Crippen LogP contribution in [0.25, 0.3) is 20.7 Å². The summed E-state index contributed by atoms with van der Waals surface area (Å²) in [5, 5.41) is 5.62. The normalized spacial score (nSPS) is 14.5. The van der Waals surface area contributed by atoms with Crippen molar-refractivity contribution < 1.29 is 9.59 Å². The van der Waals surface area contributed by atoms with Crippen molar-refractivity contribution in [3.63, 3.8) is 0 Å². The number of nitrogens with one attached hydrogen (secondary N) is 1. The Balaban J connectivity index is 1.84. The SMILES string of the molecule is CC1=CC(=O)N(Nc2nc(N)nc3scc(-c4cccs4)c23)C1=O. The number of carbonyl (C=O) groups excluding carboxylic acids is 2. The smallest absolute Gasteiger partial charge is 0.275 e. The number of thiophene rings is 2. The summed E-state index contributed by atoms with van der Waals surface area (Å²) >= 11 is 3.02. The molecule has 0 radical (unpaired) electrons. The highest BCUT2D eigenvalue weighted by atomic mass is 32.1. The molecule has 1 aliphatic heterocycles. The number of hydrogen-bond donors (Lipinski definition) is 2. The topological polar surface area (TPSA) is 101 Å². The number of nitrogen functional groups attached to an aromatic ring is 1. The molecule has 7 nitrogen and oxygen atoms in total. The van der Waals surface area contributed by atoms with Gasteiger partial charge in [0.15, 0.2) is 5.82 Å². The number of anilines is 2. The van der Waals surface area contributed by atoms with Crippen LogP contribution >= 0.6 is 22.7 Å². The number of hydrazine groups is 1. The number of aromatic nitrogens is 2. The van der Waals surface area contributed by atoms with E-state index in [2.05, 4.69) is 15.4 Å². The number of carbonyl (C=O) groups is 2. The van der Waals surface area contributed by atoms with Gasteiger partial charge < -0.3 is 5.73 Å². The summed E-state index contributed by atoms with van der Waals surface area (Å²) in [6.07, 6.45) is 1.28. The lowest BCUT2D eigenvalue weighted by Gasteiger charge is -2.17. The summed E-state index contributed by atoms with van der Waals surface area (Å²) in [6.45, 7) is 1.59. The van der Waals surface area contributed by atoms with Crippen molar-refractivity contribution in [2.75, 3.05) is 11.2 Å². The molecule has 120 valence electrons. The van der Waals surface area contributed by atoms with Gasteiger partial charge in [-0.1, -0.05) is 6.07 Å². The van der Waals surface area contributed by atoms with Gasteiger partial charge in [-0.25, -0.2) is 4.98 Å². The largest absolute Gasteiger partial charge is 0.368 e. The Hall–Kier alpha value is -2.78. The van der Waals surface area contributed by atoms with Crippen LogP contribution in [0, 0.1) is 0 Å². The first kappa shape index (κ1) is 14.8. The van der Waals surface area contributed by atoms with E-state index in [0.29, 0.717) is 16.2 Å². The Labute approximate surface area is 144 Å². The third-order valence-electron chi connectivity index (χ3n) is 3.56. The van der Waals surface area contributed by atoms with Gasteiger partial charge in [-0.2, -0.15) is 9.99 Å². The standard InChI is InChI=1S/C15H11N5O2S2/c1-7-5-10(21)20(14(7)22)19-12-11-8(9-3-2-4-23-9)6-24-13(11)18-15(16)17-12/h2-6H,1H3,(H3,16,17,18,19). The van der Waals surface area contributed by atoms with Gasteiger partial charge in [0, 0.05) is 27.5 Å². The molecule has 24 heavy (non-hydrogen) atoms. The summed E-state index contributed by atoms with van der Waals surface area (Å²) in [4.78, 5) is 34.2. The lowest BCUT2D eigenvalue weighted by atomic mass is 10.2. The average molecular weight is 357 g/mol. The van der Waals surface area contributed by atoms with Gasteiger partial charge >= 0.3 is 0 Å². The van der Waals surface area contributed by atoms with Crippen molar-refractivity contribution in [3.8, 4) is 10.4 Å². The molecule has 3 aromatic heterocycles. The number of fused-ring (bicyclic) bond motifs is 1. The first-order chi connectivity index (χ1) is 11.5. The molecule has 0 atom stereocenters. The molecule has 0 aliphatic carbocycles. The molecule has 0 spiro atoms. The monoisotopic (exact) mass is 357 g/mol. The van der Waals surface area contributed by atoms with Crippen LogP contribution in [0.4, 0.5) is 11.8 Å². The molecule has 1 aliphatic rings. The van der Waals surface area contributed by atoms with Crippen molar-refractivity contribution in [1.82, 2.24) is 15.0 Å². The van der Waals surface area contributed by atoms with Crippen LogP contribution in [0.15, 0.2) is 34.5 Å². The fourth-order valence-electron chi connectivity index (χ4n) is 2.45. The minimum atomic E-state index is -0.435. The summed E-state index contributed by atoms with van der Waals surface area (Å²) in [5.74, 6) is -0.422. The Morgan fingerprint density at radius 3 is 2.75 bits per heavy atom. The lowest BCUT2D eigenvalue weighted by molar-refractivity contribution is -0.135. The number of nitrogens with zero attached hydrogens (tertiary/aromatic N) is 3. The molecule has 0 bridgehead atoms. The first-order valence-electron chi connectivity index (χ1n) is 6.96. The molecule has 0 unspecified atom stereocenters. The predicted molar refractivity (Wildman–Crippen MR) is 94.4 cm³/mol. The molecule has 0 saturated heterocycles. The number of imide groups is 1. The van der Waals surface area contributed by atoms with Crippen molar-refractivity contribution in [1.29, 1.82) is 0 Å². The number of rotatable bonds is 3. The molecule has 0 aromatic carbocycles. The highest BCUT2D eigenvalue weighted by Gasteiger charge is 2.30. The van der Waals surface area contributed by atoms with Crippen molar-refractivity contribution in [3.05, 3.63) is 34.5 Å². The van der Waals surface area contributed by atoms with E-state index in [0.717, 1.165) is 20.8 Å². The highest BCUT2D eigenvalue weighted by molar-refractivity contribution is 7.18. The molecule has 3 aromatic rings. The van der Waals surface area contributed by atoms with Gasteiger partial charge in [-0.3, -0.25) is 15.0 Å². The van der Waals surface area contributed by atoms with Crippen molar-refractivity contribution >= 4 is 56.5 Å². The molecule has 0 fully saturated rings. The van der Waals surface area contributed by atoms with Gasteiger partial charge in [0.25, 0.3) is 11.8 Å². The van der Waals surface area contributed by atoms with Crippen LogP contribution in [0.3, 0.4) is 0 Å². The second-order valence-corrected chi connectivity index (χ2v) is 6.96. The van der Waals surface area contributed by atoms with Crippen LogP contribution in [0.2, 0.25) is 0 Å². The van der Waals surface area contributed by atoms with E-state index in [9.17, 15) is 9.59 Å². The van der Waals surface area contributed by atoms with Crippen LogP contribution in [0.5, 0.6) is 0 Å². The Bertz CT molecular complexity index is 1010. The van der Waals surface area contributed by atoms with E-state index < -0.39 is 11.8 Å².